The van der Waals surface area contributed by atoms with Crippen molar-refractivity contribution in [2.75, 3.05) is 0 Å². The van der Waals surface area contributed by atoms with E-state index in [2.05, 4.69) is 15.9 Å². The summed E-state index contributed by atoms with van der Waals surface area (Å²) >= 11 is 3.27. The molecule has 0 N–H and O–H groups in total. The first-order valence-corrected chi connectivity index (χ1v) is 6.52. The maximum Gasteiger partial charge on any atom is 0.203 e. The quantitative estimate of drug-likeness (QED) is 0.783. The number of fused-ring (bicyclic) bond motifs is 1. The summed E-state index contributed by atoms with van der Waals surface area (Å²) in [6.07, 6.45) is 2.09. The Hall–Kier alpha value is -0.940. The average molecular weight is 287 g/mol. The van der Waals surface area contributed by atoms with Crippen LogP contribution in [0.1, 0.15) is 12.0 Å². The largest absolute Gasteiger partial charge is 0.303 e. The number of hydrogen-bond donors (Lipinski definition) is 0. The fourth-order valence-corrected chi connectivity index (χ4v) is 3.43. The van der Waals surface area contributed by atoms with Crippen LogP contribution in [0, 0.1) is 0 Å². The van der Waals surface area contributed by atoms with E-state index in [0.717, 1.165) is 4.47 Å². The highest BCUT2D eigenvalue weighted by molar-refractivity contribution is 9.10. The van der Waals surface area contributed by atoms with E-state index >= 15 is 0 Å². The van der Waals surface area contributed by atoms with Crippen molar-refractivity contribution in [3.05, 3.63) is 33.1 Å². The van der Waals surface area contributed by atoms with E-state index in [9.17, 15) is 13.2 Å². The van der Waals surface area contributed by atoms with Crippen LogP contribution in [0.25, 0.3) is 6.08 Å². The lowest BCUT2D eigenvalue weighted by atomic mass is 10.2. The minimum Gasteiger partial charge on any atom is -0.303 e. The van der Waals surface area contributed by atoms with E-state index in [1.165, 1.54) is 0 Å². The molecule has 1 aromatic rings. The van der Waals surface area contributed by atoms with Crippen LogP contribution in [0.4, 0.5) is 0 Å². The van der Waals surface area contributed by atoms with Crippen LogP contribution in [-0.4, -0.2) is 14.7 Å². The van der Waals surface area contributed by atoms with Crippen LogP contribution < -0.4 is 0 Å². The van der Waals surface area contributed by atoms with Crippen LogP contribution in [0.5, 0.6) is 0 Å². The highest BCUT2D eigenvalue weighted by Crippen LogP contribution is 2.35. The van der Waals surface area contributed by atoms with Gasteiger partial charge in [0.1, 0.15) is 6.29 Å². The molecule has 0 fully saturated rings. The number of carbonyl (C=O) groups excluding carboxylic acids is 1. The minimum absolute atomic E-state index is 0.0609. The molecule has 0 aliphatic carbocycles. The molecule has 0 radical (unpaired) electrons. The Morgan fingerprint density at radius 1 is 1.33 bits per heavy atom. The molecule has 1 aromatic carbocycles. The third kappa shape index (κ3) is 1.66. The van der Waals surface area contributed by atoms with Crippen molar-refractivity contribution in [2.24, 2.45) is 0 Å². The Labute approximate surface area is 95.9 Å². The lowest BCUT2D eigenvalue weighted by Gasteiger charge is -2.00. The van der Waals surface area contributed by atoms with Gasteiger partial charge in [-0.2, -0.15) is 0 Å². The number of halogens is 1. The van der Waals surface area contributed by atoms with Crippen LogP contribution in [0.15, 0.2) is 32.5 Å². The number of allylic oxidation sites excluding steroid dienone is 1. The molecule has 0 aromatic heterocycles. The number of carbonyl (C=O) groups is 1. The maximum atomic E-state index is 11.8. The summed E-state index contributed by atoms with van der Waals surface area (Å²) in [6, 6.07) is 4.95. The summed E-state index contributed by atoms with van der Waals surface area (Å²) in [5.74, 6) is 0. The minimum atomic E-state index is -3.42. The van der Waals surface area contributed by atoms with Gasteiger partial charge in [0, 0.05) is 10.9 Å². The molecule has 0 saturated heterocycles. The highest BCUT2D eigenvalue weighted by Gasteiger charge is 2.28. The fourth-order valence-electron chi connectivity index (χ4n) is 1.52. The zero-order valence-corrected chi connectivity index (χ0v) is 10.0. The van der Waals surface area contributed by atoms with Gasteiger partial charge in [0.2, 0.25) is 9.84 Å². The van der Waals surface area contributed by atoms with Gasteiger partial charge in [-0.1, -0.05) is 15.9 Å². The summed E-state index contributed by atoms with van der Waals surface area (Å²) in [4.78, 5) is 10.8. The third-order valence-electron chi connectivity index (χ3n) is 2.21. The molecular formula is C10H7BrO3S. The van der Waals surface area contributed by atoms with Crippen LogP contribution in [-0.2, 0) is 14.6 Å². The molecule has 1 heterocycles. The molecule has 0 bridgehead atoms. The van der Waals surface area contributed by atoms with Crippen molar-refractivity contribution in [1.82, 2.24) is 0 Å². The van der Waals surface area contributed by atoms with Crippen LogP contribution in [0.3, 0.4) is 0 Å². The molecule has 15 heavy (non-hydrogen) atoms. The van der Waals surface area contributed by atoms with E-state index < -0.39 is 9.84 Å². The first-order chi connectivity index (χ1) is 7.05. The van der Waals surface area contributed by atoms with Gasteiger partial charge in [0.05, 0.1) is 9.80 Å². The van der Waals surface area contributed by atoms with Crippen molar-refractivity contribution in [3.8, 4) is 0 Å². The van der Waals surface area contributed by atoms with E-state index in [1.54, 1.807) is 24.3 Å². The third-order valence-corrected chi connectivity index (χ3v) is 4.63. The number of rotatable bonds is 2. The molecule has 0 saturated carbocycles. The molecule has 1 aliphatic rings. The normalized spacial score (nSPS) is 17.0. The SMILES string of the molecule is O=CCC1=Cc2cc(Br)ccc2S1(=O)=O. The van der Waals surface area contributed by atoms with Crippen molar-refractivity contribution >= 4 is 38.1 Å². The first kappa shape index (κ1) is 10.6. The predicted octanol–water partition coefficient (Wildman–Crippen LogP) is 2.17. The Balaban J connectivity index is 2.63. The Morgan fingerprint density at radius 3 is 2.73 bits per heavy atom. The summed E-state index contributed by atoms with van der Waals surface area (Å²) in [5.41, 5.74) is 0.640. The van der Waals surface area contributed by atoms with Crippen molar-refractivity contribution in [2.45, 2.75) is 11.3 Å². The van der Waals surface area contributed by atoms with Gasteiger partial charge in [-0.15, -0.1) is 0 Å². The summed E-state index contributed by atoms with van der Waals surface area (Å²) in [6.45, 7) is 0. The molecule has 5 heteroatoms. The Kier molecular flexibility index (Phi) is 2.52. The summed E-state index contributed by atoms with van der Waals surface area (Å²) in [7, 11) is -3.42. The van der Waals surface area contributed by atoms with Gasteiger partial charge in [0.15, 0.2) is 0 Å². The maximum absolute atomic E-state index is 11.8. The van der Waals surface area contributed by atoms with Crippen LogP contribution in [0.2, 0.25) is 0 Å². The molecule has 0 atom stereocenters. The van der Waals surface area contributed by atoms with Gasteiger partial charge in [-0.25, -0.2) is 8.42 Å². The van der Waals surface area contributed by atoms with Crippen LogP contribution >= 0.6 is 15.9 Å². The zero-order chi connectivity index (χ0) is 11.1. The number of sulfone groups is 1. The van der Waals surface area contributed by atoms with Gasteiger partial charge >= 0.3 is 0 Å². The smallest absolute Gasteiger partial charge is 0.203 e. The number of benzene rings is 1. The standard InChI is InChI=1S/C10H7BrO3S/c11-8-1-2-10-7(5-8)6-9(3-4-12)15(10,13)14/h1-2,4-6H,3H2. The van der Waals surface area contributed by atoms with E-state index in [1.807, 2.05) is 0 Å². The molecule has 0 spiro atoms. The lowest BCUT2D eigenvalue weighted by Crippen LogP contribution is -2.00. The molecule has 0 amide bonds. The van der Waals surface area contributed by atoms with E-state index in [0.29, 0.717) is 11.8 Å². The second kappa shape index (κ2) is 3.57. The second-order valence-corrected chi connectivity index (χ2v) is 6.05. The fraction of sp³-hybridized carbons (Fsp3) is 0.100. The van der Waals surface area contributed by atoms with Crippen molar-refractivity contribution in [1.29, 1.82) is 0 Å². The monoisotopic (exact) mass is 286 g/mol. The van der Waals surface area contributed by atoms with Crippen molar-refractivity contribution < 1.29 is 13.2 Å². The Bertz CT molecular complexity index is 558. The van der Waals surface area contributed by atoms with Gasteiger partial charge in [-0.05, 0) is 29.8 Å². The molecule has 2 rings (SSSR count). The number of hydrogen-bond acceptors (Lipinski definition) is 3. The molecule has 1 aliphatic heterocycles. The predicted molar refractivity (Wildman–Crippen MR) is 60.0 cm³/mol. The van der Waals surface area contributed by atoms with Gasteiger partial charge in [-0.3, -0.25) is 0 Å². The molecular weight excluding hydrogens is 280 g/mol. The Morgan fingerprint density at radius 2 is 2.07 bits per heavy atom. The van der Waals surface area contributed by atoms with Gasteiger partial charge in [0.25, 0.3) is 0 Å². The van der Waals surface area contributed by atoms with Crippen molar-refractivity contribution in [3.63, 3.8) is 0 Å². The number of aldehydes is 1. The zero-order valence-electron chi connectivity index (χ0n) is 7.60. The second-order valence-electron chi connectivity index (χ2n) is 3.17. The first-order valence-electron chi connectivity index (χ1n) is 4.24. The lowest BCUT2D eigenvalue weighted by molar-refractivity contribution is -0.107. The summed E-state index contributed by atoms with van der Waals surface area (Å²) in [5, 5.41) is 0. The summed E-state index contributed by atoms with van der Waals surface area (Å²) < 4.78 is 24.5. The van der Waals surface area contributed by atoms with E-state index in [-0.39, 0.29) is 16.2 Å². The van der Waals surface area contributed by atoms with E-state index in [4.69, 9.17) is 0 Å². The molecule has 3 nitrogen and oxygen atoms in total. The average Bonchev–Trinajstić information content (AvgIpc) is 2.39. The van der Waals surface area contributed by atoms with Gasteiger partial charge < -0.3 is 4.79 Å². The molecule has 0 unspecified atom stereocenters. The topological polar surface area (TPSA) is 51.2 Å². The molecule has 78 valence electrons. The highest BCUT2D eigenvalue weighted by atomic mass is 79.9.